The van der Waals surface area contributed by atoms with Gasteiger partial charge in [-0.15, -0.1) is 0 Å². The summed E-state index contributed by atoms with van der Waals surface area (Å²) in [4.78, 5) is 0.305. The fraction of sp³-hybridized carbons (Fsp3) is 0.600. The van der Waals surface area contributed by atoms with E-state index in [1.807, 2.05) is 19.1 Å². The average Bonchev–Trinajstić information content (AvgIpc) is 2.45. The minimum Gasteiger partial charge on any atom is -0.385 e. The van der Waals surface area contributed by atoms with E-state index in [1.54, 1.807) is 19.2 Å². The van der Waals surface area contributed by atoms with Crippen molar-refractivity contribution in [1.29, 1.82) is 0 Å². The summed E-state index contributed by atoms with van der Waals surface area (Å²) in [5.41, 5.74) is 1.13. The molecule has 1 rings (SSSR count). The number of hydrogen-bond donors (Lipinski definition) is 2. The summed E-state index contributed by atoms with van der Waals surface area (Å²) < 4.78 is 32.0. The predicted octanol–water partition coefficient (Wildman–Crippen LogP) is 1.54. The Hall–Kier alpha value is -0.950. The summed E-state index contributed by atoms with van der Waals surface area (Å²) in [5, 5.41) is 3.24. The molecule has 6 heteroatoms. The molecule has 0 aliphatic carbocycles. The highest BCUT2D eigenvalue weighted by molar-refractivity contribution is 7.89. The lowest BCUT2D eigenvalue weighted by Crippen LogP contribution is -2.33. The second-order valence-electron chi connectivity index (χ2n) is 5.05. The van der Waals surface area contributed by atoms with Crippen LogP contribution in [0.4, 0.5) is 0 Å². The van der Waals surface area contributed by atoms with E-state index in [4.69, 9.17) is 4.74 Å². The zero-order chi connectivity index (χ0) is 15.7. The molecular weight excluding hydrogens is 288 g/mol. The average molecular weight is 314 g/mol. The molecule has 0 spiro atoms. The fourth-order valence-corrected chi connectivity index (χ4v) is 3.21. The van der Waals surface area contributed by atoms with E-state index in [1.165, 1.54) is 0 Å². The van der Waals surface area contributed by atoms with Crippen molar-refractivity contribution in [2.75, 3.05) is 26.8 Å². The third-order valence-electron chi connectivity index (χ3n) is 3.19. The lowest BCUT2D eigenvalue weighted by atomic mass is 10.1. The maximum Gasteiger partial charge on any atom is 0.240 e. The zero-order valence-corrected chi connectivity index (χ0v) is 13.9. The van der Waals surface area contributed by atoms with Crippen molar-refractivity contribution < 1.29 is 13.2 Å². The molecular formula is C15H26N2O3S. The van der Waals surface area contributed by atoms with Gasteiger partial charge in [0.1, 0.15) is 0 Å². The molecule has 1 aromatic carbocycles. The minimum absolute atomic E-state index is 0.150. The lowest BCUT2D eigenvalue weighted by molar-refractivity contribution is 0.188. The van der Waals surface area contributed by atoms with E-state index in [0.717, 1.165) is 25.1 Å². The molecule has 1 unspecified atom stereocenters. The van der Waals surface area contributed by atoms with Gasteiger partial charge in [-0.05, 0) is 50.6 Å². The van der Waals surface area contributed by atoms with Crippen molar-refractivity contribution in [2.45, 2.75) is 37.6 Å². The third-order valence-corrected chi connectivity index (χ3v) is 4.79. The van der Waals surface area contributed by atoms with Crippen LogP contribution in [-0.2, 0) is 21.2 Å². The van der Waals surface area contributed by atoms with Crippen LogP contribution in [0.2, 0.25) is 0 Å². The van der Waals surface area contributed by atoms with Gasteiger partial charge in [0.05, 0.1) is 4.90 Å². The molecule has 2 N–H and O–H groups in total. The quantitative estimate of drug-likeness (QED) is 0.643. The first-order valence-electron chi connectivity index (χ1n) is 7.30. The normalized spacial score (nSPS) is 13.3. The molecule has 5 nitrogen and oxygen atoms in total. The summed E-state index contributed by atoms with van der Waals surface area (Å²) in [6, 6.07) is 6.90. The molecule has 0 saturated heterocycles. The highest BCUT2D eigenvalue weighted by atomic mass is 32.2. The Morgan fingerprint density at radius 2 is 1.90 bits per heavy atom. The number of hydrogen-bond acceptors (Lipinski definition) is 4. The van der Waals surface area contributed by atoms with Crippen molar-refractivity contribution in [3.63, 3.8) is 0 Å². The second-order valence-corrected chi connectivity index (χ2v) is 6.77. The van der Waals surface area contributed by atoms with Gasteiger partial charge in [0.2, 0.25) is 10.0 Å². The van der Waals surface area contributed by atoms with Crippen LogP contribution in [-0.4, -0.2) is 41.3 Å². The van der Waals surface area contributed by atoms with E-state index < -0.39 is 10.0 Å². The number of ether oxygens (including phenoxy) is 1. The van der Waals surface area contributed by atoms with Gasteiger partial charge in [0.15, 0.2) is 0 Å². The van der Waals surface area contributed by atoms with Gasteiger partial charge >= 0.3 is 0 Å². The Morgan fingerprint density at radius 3 is 2.48 bits per heavy atom. The van der Waals surface area contributed by atoms with Crippen LogP contribution in [0.1, 0.15) is 25.8 Å². The first kappa shape index (κ1) is 18.1. The highest BCUT2D eigenvalue weighted by Gasteiger charge is 2.16. The van der Waals surface area contributed by atoms with Crippen molar-refractivity contribution in [3.8, 4) is 0 Å². The Morgan fingerprint density at radius 1 is 1.24 bits per heavy atom. The first-order valence-corrected chi connectivity index (χ1v) is 8.79. The van der Waals surface area contributed by atoms with Crippen molar-refractivity contribution >= 4 is 10.0 Å². The number of methoxy groups -OCH3 is 1. The van der Waals surface area contributed by atoms with E-state index in [0.29, 0.717) is 17.9 Å². The molecule has 1 atom stereocenters. The Kier molecular flexibility index (Phi) is 7.88. The Bertz CT molecular complexity index is 500. The Labute approximate surface area is 128 Å². The number of likely N-dealkylation sites (N-methyl/N-ethyl adjacent to an activating group) is 1. The Balaban J connectivity index is 2.62. The largest absolute Gasteiger partial charge is 0.385 e. The lowest BCUT2D eigenvalue weighted by Gasteiger charge is -2.14. The van der Waals surface area contributed by atoms with Crippen LogP contribution < -0.4 is 10.0 Å². The van der Waals surface area contributed by atoms with Crippen LogP contribution in [0.5, 0.6) is 0 Å². The third kappa shape index (κ3) is 6.56. The fourth-order valence-electron chi connectivity index (χ4n) is 1.93. The molecule has 21 heavy (non-hydrogen) atoms. The maximum absolute atomic E-state index is 12.2. The first-order chi connectivity index (χ1) is 9.99. The van der Waals surface area contributed by atoms with Crippen LogP contribution in [0.15, 0.2) is 29.2 Å². The topological polar surface area (TPSA) is 67.4 Å². The van der Waals surface area contributed by atoms with Gasteiger partial charge < -0.3 is 10.1 Å². The number of sulfonamides is 1. The molecule has 0 heterocycles. The summed E-state index contributed by atoms with van der Waals surface area (Å²) in [6.07, 6.45) is 1.54. The van der Waals surface area contributed by atoms with Crippen LogP contribution >= 0.6 is 0 Å². The number of nitrogens with one attached hydrogen (secondary N) is 2. The summed E-state index contributed by atoms with van der Waals surface area (Å²) in [6.45, 7) is 6.27. The maximum atomic E-state index is 12.2. The standard InChI is InChI=1S/C15H26N2O3S/c1-4-16-11-9-14-5-7-15(8-6-14)21(18,19)17-13(2)10-12-20-3/h5-8,13,16-17H,4,9-12H2,1-3H3. The zero-order valence-electron chi connectivity index (χ0n) is 13.1. The highest BCUT2D eigenvalue weighted by Crippen LogP contribution is 2.12. The van der Waals surface area contributed by atoms with Crippen molar-refractivity contribution in [2.24, 2.45) is 0 Å². The predicted molar refractivity (Wildman–Crippen MR) is 85.0 cm³/mol. The van der Waals surface area contributed by atoms with Crippen LogP contribution in [0, 0.1) is 0 Å². The smallest absolute Gasteiger partial charge is 0.240 e. The molecule has 0 aromatic heterocycles. The SMILES string of the molecule is CCNCCc1ccc(S(=O)(=O)NC(C)CCOC)cc1. The molecule has 0 bridgehead atoms. The van der Waals surface area contributed by atoms with Crippen molar-refractivity contribution in [1.82, 2.24) is 10.0 Å². The summed E-state index contributed by atoms with van der Waals surface area (Å²) in [7, 11) is -1.85. The molecule has 0 aliphatic rings. The minimum atomic E-state index is -3.45. The van der Waals surface area contributed by atoms with Gasteiger partial charge in [-0.3, -0.25) is 0 Å². The monoisotopic (exact) mass is 314 g/mol. The molecule has 0 fully saturated rings. The van der Waals surface area contributed by atoms with Crippen molar-refractivity contribution in [3.05, 3.63) is 29.8 Å². The van der Waals surface area contributed by atoms with E-state index in [-0.39, 0.29) is 6.04 Å². The van der Waals surface area contributed by atoms with E-state index >= 15 is 0 Å². The summed E-state index contributed by atoms with van der Waals surface area (Å²) >= 11 is 0. The van der Waals surface area contributed by atoms with Crippen LogP contribution in [0.3, 0.4) is 0 Å². The number of rotatable bonds is 10. The van der Waals surface area contributed by atoms with Gasteiger partial charge in [-0.2, -0.15) is 0 Å². The second kappa shape index (κ2) is 9.15. The van der Waals surface area contributed by atoms with E-state index in [2.05, 4.69) is 17.0 Å². The van der Waals surface area contributed by atoms with Gasteiger partial charge in [0, 0.05) is 19.8 Å². The molecule has 1 aromatic rings. The molecule has 0 saturated carbocycles. The van der Waals surface area contributed by atoms with E-state index in [9.17, 15) is 8.42 Å². The van der Waals surface area contributed by atoms with Crippen LogP contribution in [0.25, 0.3) is 0 Å². The molecule has 120 valence electrons. The molecule has 0 amide bonds. The molecule has 0 radical (unpaired) electrons. The summed E-state index contributed by atoms with van der Waals surface area (Å²) in [5.74, 6) is 0. The molecule has 0 aliphatic heterocycles. The van der Waals surface area contributed by atoms with Gasteiger partial charge in [-0.1, -0.05) is 19.1 Å². The van der Waals surface area contributed by atoms with Gasteiger partial charge in [0.25, 0.3) is 0 Å². The number of benzene rings is 1. The van der Waals surface area contributed by atoms with Gasteiger partial charge in [-0.25, -0.2) is 13.1 Å².